The van der Waals surface area contributed by atoms with Crippen LogP contribution in [0.1, 0.15) is 31.2 Å². The van der Waals surface area contributed by atoms with Crippen LogP contribution >= 0.6 is 0 Å². The number of rotatable bonds is 4. The van der Waals surface area contributed by atoms with E-state index >= 15 is 0 Å². The van der Waals surface area contributed by atoms with Crippen molar-refractivity contribution in [1.82, 2.24) is 20.1 Å². The number of aromatic nitrogens is 3. The van der Waals surface area contributed by atoms with Crippen molar-refractivity contribution in [1.29, 1.82) is 0 Å². The van der Waals surface area contributed by atoms with Gasteiger partial charge in [-0.15, -0.1) is 5.10 Å². The molecule has 3 heterocycles. The molecule has 1 fully saturated rings. The first-order valence-corrected chi connectivity index (χ1v) is 8.20. The maximum absolute atomic E-state index is 12.8. The van der Waals surface area contributed by atoms with Gasteiger partial charge in [-0.3, -0.25) is 10.2 Å². The van der Waals surface area contributed by atoms with Gasteiger partial charge < -0.3 is 8.83 Å². The average Bonchev–Trinajstić information content (AvgIpc) is 3.27. The molecule has 0 bridgehead atoms. The molecule has 0 spiro atoms. The lowest BCUT2D eigenvalue weighted by Gasteiger charge is -2.17. The summed E-state index contributed by atoms with van der Waals surface area (Å²) in [4.78, 5) is 6.24. The van der Waals surface area contributed by atoms with Crippen molar-refractivity contribution >= 4 is 23.1 Å². The van der Waals surface area contributed by atoms with Crippen LogP contribution in [0.25, 0.3) is 11.1 Å². The molecule has 3 aromatic rings. The lowest BCUT2D eigenvalue weighted by Crippen LogP contribution is -2.26. The predicted molar refractivity (Wildman–Crippen MR) is 85.7 cm³/mol. The maximum Gasteiger partial charge on any atom is 0.416 e. The van der Waals surface area contributed by atoms with Gasteiger partial charge in [0.2, 0.25) is 5.89 Å². The number of halogens is 3. The second-order valence-electron chi connectivity index (χ2n) is 6.29. The molecule has 1 N–H and O–H groups in total. The molecule has 138 valence electrons. The minimum atomic E-state index is -4.44. The van der Waals surface area contributed by atoms with Gasteiger partial charge in [0.15, 0.2) is 5.58 Å². The Balaban J connectivity index is 1.49. The Hall–Kier alpha value is -2.62. The summed E-state index contributed by atoms with van der Waals surface area (Å²) in [5.41, 5.74) is -0.469. The van der Waals surface area contributed by atoms with Crippen LogP contribution in [0.15, 0.2) is 27.0 Å². The van der Waals surface area contributed by atoms with E-state index in [1.807, 2.05) is 0 Å². The Morgan fingerprint density at radius 2 is 2.08 bits per heavy atom. The highest BCUT2D eigenvalue weighted by Gasteiger charge is 2.31. The Morgan fingerprint density at radius 1 is 1.23 bits per heavy atom. The quantitative estimate of drug-likeness (QED) is 0.748. The van der Waals surface area contributed by atoms with E-state index in [1.165, 1.54) is 6.07 Å². The van der Waals surface area contributed by atoms with Crippen molar-refractivity contribution in [2.75, 3.05) is 11.9 Å². The van der Waals surface area contributed by atoms with Crippen molar-refractivity contribution in [2.45, 2.75) is 38.5 Å². The van der Waals surface area contributed by atoms with Crippen LogP contribution in [-0.2, 0) is 12.7 Å². The van der Waals surface area contributed by atoms with Crippen LogP contribution in [0.2, 0.25) is 0 Å². The molecule has 2 aromatic heterocycles. The molecule has 1 atom stereocenters. The van der Waals surface area contributed by atoms with Crippen molar-refractivity contribution in [2.24, 2.45) is 0 Å². The smallest absolute Gasteiger partial charge is 0.416 e. The summed E-state index contributed by atoms with van der Waals surface area (Å²) < 4.78 is 49.2. The van der Waals surface area contributed by atoms with Gasteiger partial charge in [0, 0.05) is 6.04 Å². The molecular weight excluding hydrogens is 351 g/mol. The second kappa shape index (κ2) is 6.27. The van der Waals surface area contributed by atoms with Crippen LogP contribution < -0.4 is 5.32 Å². The van der Waals surface area contributed by atoms with Gasteiger partial charge in [-0.05, 0) is 44.5 Å². The van der Waals surface area contributed by atoms with Crippen LogP contribution in [0.4, 0.5) is 25.2 Å². The van der Waals surface area contributed by atoms with Crippen molar-refractivity contribution < 1.29 is 22.0 Å². The van der Waals surface area contributed by atoms with E-state index in [-0.39, 0.29) is 23.1 Å². The molecule has 4 rings (SSSR count). The molecule has 10 heteroatoms. The molecule has 0 radical (unpaired) electrons. The number of anilines is 2. The Morgan fingerprint density at radius 3 is 2.81 bits per heavy atom. The van der Waals surface area contributed by atoms with Gasteiger partial charge in [-0.25, -0.2) is 0 Å². The Kier molecular flexibility index (Phi) is 4.06. The first kappa shape index (κ1) is 16.8. The third-order valence-corrected chi connectivity index (χ3v) is 4.42. The summed E-state index contributed by atoms with van der Waals surface area (Å²) in [6, 6.07) is 3.64. The molecule has 1 aromatic carbocycles. The first-order valence-electron chi connectivity index (χ1n) is 8.20. The van der Waals surface area contributed by atoms with E-state index in [4.69, 9.17) is 8.83 Å². The second-order valence-corrected chi connectivity index (χ2v) is 6.29. The number of nitrogens with one attached hydrogen (secondary N) is 1. The fourth-order valence-electron chi connectivity index (χ4n) is 3.02. The van der Waals surface area contributed by atoms with Crippen molar-refractivity contribution in [3.05, 3.63) is 29.7 Å². The Labute approximate surface area is 146 Å². The van der Waals surface area contributed by atoms with Gasteiger partial charge in [-0.2, -0.15) is 18.2 Å². The lowest BCUT2D eigenvalue weighted by atomic mass is 10.2. The SMILES string of the molecule is CC1CCCN1Cc1nnc(Nc2nc3cc(C(F)(F)F)ccc3o2)o1. The van der Waals surface area contributed by atoms with E-state index in [9.17, 15) is 13.2 Å². The molecule has 0 saturated carbocycles. The number of fused-ring (bicyclic) bond motifs is 1. The van der Waals surface area contributed by atoms with E-state index in [0.29, 0.717) is 18.5 Å². The number of hydrogen-bond acceptors (Lipinski definition) is 7. The molecule has 1 aliphatic rings. The van der Waals surface area contributed by atoms with Crippen molar-refractivity contribution in [3.63, 3.8) is 0 Å². The number of nitrogens with zero attached hydrogens (tertiary/aromatic N) is 4. The van der Waals surface area contributed by atoms with Crippen LogP contribution in [0.3, 0.4) is 0 Å². The summed E-state index contributed by atoms with van der Waals surface area (Å²) in [7, 11) is 0. The third-order valence-electron chi connectivity index (χ3n) is 4.42. The number of alkyl halides is 3. The zero-order valence-corrected chi connectivity index (χ0v) is 13.9. The molecule has 0 aliphatic carbocycles. The highest BCUT2D eigenvalue weighted by molar-refractivity contribution is 5.75. The Bertz CT molecular complexity index is 920. The predicted octanol–water partition coefficient (Wildman–Crippen LogP) is 3.96. The summed E-state index contributed by atoms with van der Waals surface area (Å²) in [5.74, 6) is 0.455. The zero-order chi connectivity index (χ0) is 18.3. The van der Waals surface area contributed by atoms with E-state index in [0.717, 1.165) is 31.5 Å². The van der Waals surface area contributed by atoms with Crippen molar-refractivity contribution in [3.8, 4) is 0 Å². The largest absolute Gasteiger partial charge is 0.423 e. The topological polar surface area (TPSA) is 80.2 Å². The van der Waals surface area contributed by atoms with E-state index in [2.05, 4.69) is 32.3 Å². The van der Waals surface area contributed by atoms with Gasteiger partial charge in [0.1, 0.15) is 5.52 Å². The normalized spacial score (nSPS) is 18.7. The minimum Gasteiger partial charge on any atom is -0.423 e. The number of benzene rings is 1. The molecule has 26 heavy (non-hydrogen) atoms. The molecule has 7 nitrogen and oxygen atoms in total. The molecule has 1 saturated heterocycles. The van der Waals surface area contributed by atoms with Gasteiger partial charge >= 0.3 is 18.2 Å². The third kappa shape index (κ3) is 3.36. The molecule has 1 unspecified atom stereocenters. The van der Waals surface area contributed by atoms with Crippen LogP contribution in [0.5, 0.6) is 0 Å². The van der Waals surface area contributed by atoms with Gasteiger partial charge in [-0.1, -0.05) is 5.10 Å². The van der Waals surface area contributed by atoms with E-state index < -0.39 is 11.7 Å². The fourth-order valence-corrected chi connectivity index (χ4v) is 3.02. The summed E-state index contributed by atoms with van der Waals surface area (Å²) in [5, 5.41) is 10.5. The maximum atomic E-state index is 12.8. The lowest BCUT2D eigenvalue weighted by molar-refractivity contribution is -0.137. The monoisotopic (exact) mass is 367 g/mol. The molecular formula is C16H16F3N5O2. The fraction of sp³-hybridized carbons (Fsp3) is 0.438. The minimum absolute atomic E-state index is 0.0101. The number of likely N-dealkylation sites (tertiary alicyclic amines) is 1. The standard InChI is InChI=1S/C16H16F3N5O2/c1-9-3-2-6-24(9)8-13-22-23-15(26-13)21-14-20-11-7-10(16(17,18)19)4-5-12(11)25-14/h4-5,7,9H,2-3,6,8H2,1H3,(H,20,21,23). The average molecular weight is 367 g/mol. The van der Waals surface area contributed by atoms with Gasteiger partial charge in [0.05, 0.1) is 12.1 Å². The summed E-state index contributed by atoms with van der Waals surface area (Å²) in [6.45, 7) is 3.69. The van der Waals surface area contributed by atoms with Gasteiger partial charge in [0.25, 0.3) is 0 Å². The number of hydrogen-bond donors (Lipinski definition) is 1. The summed E-state index contributed by atoms with van der Waals surface area (Å²) >= 11 is 0. The first-order chi connectivity index (χ1) is 12.4. The molecule has 1 aliphatic heterocycles. The number of oxazole rings is 1. The zero-order valence-electron chi connectivity index (χ0n) is 13.9. The van der Waals surface area contributed by atoms with Crippen LogP contribution in [-0.4, -0.2) is 32.7 Å². The van der Waals surface area contributed by atoms with Crippen LogP contribution in [0, 0.1) is 0 Å². The highest BCUT2D eigenvalue weighted by atomic mass is 19.4. The van der Waals surface area contributed by atoms with E-state index in [1.54, 1.807) is 0 Å². The summed E-state index contributed by atoms with van der Waals surface area (Å²) in [6.07, 6.45) is -2.15. The molecule has 0 amide bonds. The highest BCUT2D eigenvalue weighted by Crippen LogP contribution is 2.32.